The minimum Gasteiger partial charge on any atom is -0.394 e. The van der Waals surface area contributed by atoms with Crippen molar-refractivity contribution in [2.45, 2.75) is 18.9 Å². The van der Waals surface area contributed by atoms with Crippen molar-refractivity contribution in [1.29, 1.82) is 0 Å². The van der Waals surface area contributed by atoms with E-state index in [1.165, 1.54) is 30.3 Å². The van der Waals surface area contributed by atoms with Gasteiger partial charge in [0.15, 0.2) is 0 Å². The lowest BCUT2D eigenvalue weighted by Crippen LogP contribution is -2.41. The van der Waals surface area contributed by atoms with Crippen LogP contribution >= 0.6 is 0 Å². The van der Waals surface area contributed by atoms with Gasteiger partial charge in [-0.25, -0.2) is 8.78 Å². The standard InChI is InChI=1S/C25H22F2N4O2/c1-15(20-7-2-3-12-28-20)23(14-32)29-25(33)18-5-4-6-19(27)24(18)22-13-21(30-31-22)16-8-10-17(26)11-9-16/h2-13,15,23,32H,14H2,1H3,(H,29,33)(H,30,31)/t15?,23-/m0/s1. The van der Waals surface area contributed by atoms with Crippen LogP contribution in [-0.4, -0.2) is 38.8 Å². The molecule has 168 valence electrons. The number of nitrogens with zero attached hydrogens (tertiary/aromatic N) is 2. The maximum Gasteiger partial charge on any atom is 0.252 e. The summed E-state index contributed by atoms with van der Waals surface area (Å²) in [6, 6.07) is 16.4. The Morgan fingerprint density at radius 2 is 1.88 bits per heavy atom. The number of rotatable bonds is 7. The Labute approximate surface area is 189 Å². The summed E-state index contributed by atoms with van der Waals surface area (Å²) < 4.78 is 28.1. The van der Waals surface area contributed by atoms with Gasteiger partial charge in [-0.15, -0.1) is 0 Å². The summed E-state index contributed by atoms with van der Waals surface area (Å²) in [7, 11) is 0. The van der Waals surface area contributed by atoms with E-state index in [9.17, 15) is 18.7 Å². The van der Waals surface area contributed by atoms with Gasteiger partial charge in [-0.1, -0.05) is 19.1 Å². The molecule has 0 bridgehead atoms. The van der Waals surface area contributed by atoms with Crippen LogP contribution in [0.1, 0.15) is 28.9 Å². The Bertz CT molecular complexity index is 1240. The van der Waals surface area contributed by atoms with Gasteiger partial charge in [-0.3, -0.25) is 14.9 Å². The van der Waals surface area contributed by atoms with E-state index in [1.807, 2.05) is 19.1 Å². The molecule has 0 aliphatic carbocycles. The molecule has 2 aromatic carbocycles. The predicted octanol–water partition coefficient (Wildman–Crippen LogP) is 4.31. The first kappa shape index (κ1) is 22.3. The van der Waals surface area contributed by atoms with Crippen molar-refractivity contribution in [1.82, 2.24) is 20.5 Å². The third-order valence-corrected chi connectivity index (χ3v) is 5.52. The van der Waals surface area contributed by atoms with E-state index < -0.39 is 17.8 Å². The van der Waals surface area contributed by atoms with Crippen LogP contribution in [0.4, 0.5) is 8.78 Å². The van der Waals surface area contributed by atoms with Gasteiger partial charge in [-0.2, -0.15) is 5.10 Å². The maximum atomic E-state index is 14.9. The monoisotopic (exact) mass is 448 g/mol. The van der Waals surface area contributed by atoms with Gasteiger partial charge >= 0.3 is 0 Å². The van der Waals surface area contributed by atoms with Crippen molar-refractivity contribution in [3.8, 4) is 22.5 Å². The quantitative estimate of drug-likeness (QED) is 0.393. The van der Waals surface area contributed by atoms with Crippen molar-refractivity contribution in [2.75, 3.05) is 6.61 Å². The van der Waals surface area contributed by atoms with E-state index in [0.29, 0.717) is 17.0 Å². The topological polar surface area (TPSA) is 90.9 Å². The Balaban J connectivity index is 1.63. The molecule has 6 nitrogen and oxygen atoms in total. The SMILES string of the molecule is CC(c1ccccn1)[C@H](CO)NC(=O)c1cccc(F)c1-c1cc(-c2ccc(F)cc2)[nH]n1. The number of aliphatic hydroxyl groups is 1. The van der Waals surface area contributed by atoms with Crippen molar-refractivity contribution in [3.63, 3.8) is 0 Å². The van der Waals surface area contributed by atoms with Gasteiger partial charge in [0.2, 0.25) is 0 Å². The zero-order valence-electron chi connectivity index (χ0n) is 17.8. The number of aliphatic hydroxyl groups excluding tert-OH is 1. The number of halogens is 2. The number of nitrogens with one attached hydrogen (secondary N) is 2. The second kappa shape index (κ2) is 9.70. The lowest BCUT2D eigenvalue weighted by atomic mass is 9.96. The largest absolute Gasteiger partial charge is 0.394 e. The first-order valence-electron chi connectivity index (χ1n) is 10.4. The van der Waals surface area contributed by atoms with Crippen LogP contribution in [0, 0.1) is 11.6 Å². The van der Waals surface area contributed by atoms with Crippen LogP contribution in [0.3, 0.4) is 0 Å². The molecule has 8 heteroatoms. The van der Waals surface area contributed by atoms with Crippen molar-refractivity contribution >= 4 is 5.91 Å². The fourth-order valence-corrected chi connectivity index (χ4v) is 3.63. The summed E-state index contributed by atoms with van der Waals surface area (Å²) in [5.74, 6) is -1.80. The molecule has 1 amide bonds. The molecule has 33 heavy (non-hydrogen) atoms. The van der Waals surface area contributed by atoms with Crippen LogP contribution in [0.5, 0.6) is 0 Å². The summed E-state index contributed by atoms with van der Waals surface area (Å²) in [5.41, 5.74) is 2.28. The van der Waals surface area contributed by atoms with Gasteiger partial charge in [0, 0.05) is 17.8 Å². The number of benzene rings is 2. The van der Waals surface area contributed by atoms with Crippen LogP contribution in [-0.2, 0) is 0 Å². The summed E-state index contributed by atoms with van der Waals surface area (Å²) in [6.45, 7) is 1.53. The van der Waals surface area contributed by atoms with E-state index >= 15 is 0 Å². The number of carbonyl (C=O) groups is 1. The van der Waals surface area contributed by atoms with Crippen molar-refractivity contribution in [3.05, 3.63) is 95.8 Å². The second-order valence-electron chi connectivity index (χ2n) is 7.64. The first-order chi connectivity index (χ1) is 16.0. The molecule has 4 aromatic rings. The Hall–Kier alpha value is -3.91. The average Bonchev–Trinajstić information content (AvgIpc) is 3.32. The maximum absolute atomic E-state index is 14.9. The summed E-state index contributed by atoms with van der Waals surface area (Å²) in [4.78, 5) is 17.4. The van der Waals surface area contributed by atoms with E-state index in [2.05, 4.69) is 20.5 Å². The molecule has 0 saturated heterocycles. The predicted molar refractivity (Wildman–Crippen MR) is 120 cm³/mol. The smallest absolute Gasteiger partial charge is 0.252 e. The van der Waals surface area contributed by atoms with Gasteiger partial charge < -0.3 is 10.4 Å². The first-order valence-corrected chi connectivity index (χ1v) is 10.4. The highest BCUT2D eigenvalue weighted by Gasteiger charge is 2.25. The lowest BCUT2D eigenvalue weighted by molar-refractivity contribution is 0.0907. The highest BCUT2D eigenvalue weighted by molar-refractivity contribution is 6.01. The number of amides is 1. The van der Waals surface area contributed by atoms with Crippen molar-refractivity contribution in [2.24, 2.45) is 0 Å². The Kier molecular flexibility index (Phi) is 6.55. The molecular formula is C25H22F2N4O2. The number of carbonyl (C=O) groups excluding carboxylic acids is 1. The molecule has 0 radical (unpaired) electrons. The molecule has 0 spiro atoms. The van der Waals surface area contributed by atoms with Crippen LogP contribution in [0.15, 0.2) is 72.9 Å². The molecule has 0 fully saturated rings. The zero-order valence-corrected chi connectivity index (χ0v) is 17.8. The van der Waals surface area contributed by atoms with Crippen LogP contribution in [0.2, 0.25) is 0 Å². The van der Waals surface area contributed by atoms with Gasteiger partial charge in [0.1, 0.15) is 11.6 Å². The zero-order chi connectivity index (χ0) is 23.4. The Morgan fingerprint density at radius 3 is 2.58 bits per heavy atom. The second-order valence-corrected chi connectivity index (χ2v) is 7.64. The third kappa shape index (κ3) is 4.80. The lowest BCUT2D eigenvalue weighted by Gasteiger charge is -2.23. The molecular weight excluding hydrogens is 426 g/mol. The molecule has 2 heterocycles. The fraction of sp³-hybridized carbons (Fsp3) is 0.160. The number of hydrogen-bond acceptors (Lipinski definition) is 4. The third-order valence-electron chi connectivity index (χ3n) is 5.52. The molecule has 0 aliphatic rings. The Morgan fingerprint density at radius 1 is 1.09 bits per heavy atom. The molecule has 0 saturated carbocycles. The number of aromatic nitrogens is 3. The normalized spacial score (nSPS) is 12.8. The van der Waals surface area contributed by atoms with Gasteiger partial charge in [0.05, 0.1) is 35.2 Å². The van der Waals surface area contributed by atoms with Crippen LogP contribution in [0.25, 0.3) is 22.5 Å². The summed E-state index contributed by atoms with van der Waals surface area (Å²) in [5, 5.41) is 19.6. The highest BCUT2D eigenvalue weighted by Crippen LogP contribution is 2.29. The van der Waals surface area contributed by atoms with E-state index in [1.54, 1.807) is 30.5 Å². The summed E-state index contributed by atoms with van der Waals surface area (Å²) in [6.07, 6.45) is 1.64. The van der Waals surface area contributed by atoms with Gasteiger partial charge in [-0.05, 0) is 60.2 Å². The average molecular weight is 448 g/mol. The number of pyridine rings is 1. The van der Waals surface area contributed by atoms with E-state index in [0.717, 1.165) is 0 Å². The van der Waals surface area contributed by atoms with E-state index in [4.69, 9.17) is 0 Å². The van der Waals surface area contributed by atoms with Crippen molar-refractivity contribution < 1.29 is 18.7 Å². The number of aromatic amines is 1. The summed E-state index contributed by atoms with van der Waals surface area (Å²) >= 11 is 0. The molecule has 0 aliphatic heterocycles. The number of H-pyrrole nitrogens is 1. The minimum absolute atomic E-state index is 0.0294. The molecule has 1 unspecified atom stereocenters. The highest BCUT2D eigenvalue weighted by atomic mass is 19.1. The molecule has 4 rings (SSSR count). The number of hydrogen-bond donors (Lipinski definition) is 3. The van der Waals surface area contributed by atoms with Gasteiger partial charge in [0.25, 0.3) is 5.91 Å². The van der Waals surface area contributed by atoms with E-state index in [-0.39, 0.29) is 35.2 Å². The van der Waals surface area contributed by atoms with Crippen LogP contribution < -0.4 is 5.32 Å². The fourth-order valence-electron chi connectivity index (χ4n) is 3.63. The molecule has 3 N–H and O–H groups in total. The minimum atomic E-state index is -0.627. The molecule has 2 atom stereocenters. The molecule has 2 aromatic heterocycles.